The highest BCUT2D eigenvalue weighted by molar-refractivity contribution is 5.40. The molecule has 2 aromatic rings. The lowest BCUT2D eigenvalue weighted by Gasteiger charge is -2.15. The molecule has 104 valence electrons. The van der Waals surface area contributed by atoms with Gasteiger partial charge >= 0.3 is 0 Å². The fourth-order valence-electron chi connectivity index (χ4n) is 2.37. The van der Waals surface area contributed by atoms with Crippen LogP contribution in [0.2, 0.25) is 0 Å². The van der Waals surface area contributed by atoms with Crippen LogP contribution in [0.3, 0.4) is 0 Å². The maximum absolute atomic E-state index is 5.57. The molecule has 1 heterocycles. The van der Waals surface area contributed by atoms with Gasteiger partial charge in [0.15, 0.2) is 0 Å². The van der Waals surface area contributed by atoms with E-state index in [1.165, 1.54) is 11.1 Å². The monoisotopic (exact) mass is 269 g/mol. The second-order valence-electron chi connectivity index (χ2n) is 5.08. The zero-order valence-electron chi connectivity index (χ0n) is 11.6. The van der Waals surface area contributed by atoms with Crippen LogP contribution in [-0.4, -0.2) is 6.61 Å². The Labute approximate surface area is 119 Å². The van der Waals surface area contributed by atoms with E-state index in [1.54, 1.807) is 0 Å². The summed E-state index contributed by atoms with van der Waals surface area (Å²) in [4.78, 5) is 5.57. The lowest BCUT2D eigenvalue weighted by Crippen LogP contribution is -2.19. The van der Waals surface area contributed by atoms with Crippen LogP contribution in [0.15, 0.2) is 48.5 Å². The van der Waals surface area contributed by atoms with E-state index in [1.807, 2.05) is 24.3 Å². The molecule has 0 spiro atoms. The minimum Gasteiger partial charge on any atom is -0.493 e. The van der Waals surface area contributed by atoms with Crippen molar-refractivity contribution in [3.05, 3.63) is 65.2 Å². The first kappa shape index (κ1) is 13.2. The van der Waals surface area contributed by atoms with Crippen LogP contribution in [-0.2, 0) is 17.9 Å². The molecule has 1 unspecified atom stereocenters. The van der Waals surface area contributed by atoms with Crippen LogP contribution in [0.5, 0.6) is 5.75 Å². The lowest BCUT2D eigenvalue weighted by molar-refractivity contribution is 0.00697. The zero-order valence-corrected chi connectivity index (χ0v) is 11.6. The van der Waals surface area contributed by atoms with Crippen molar-refractivity contribution in [3.8, 4) is 5.75 Å². The highest BCUT2D eigenvalue weighted by atomic mass is 16.6. The number of ether oxygens (including phenoxy) is 1. The van der Waals surface area contributed by atoms with Gasteiger partial charge in [-0.25, -0.2) is 0 Å². The molecule has 20 heavy (non-hydrogen) atoms. The molecule has 3 heteroatoms. The first-order chi connectivity index (χ1) is 9.83. The first-order valence-corrected chi connectivity index (χ1v) is 7.00. The van der Waals surface area contributed by atoms with Crippen molar-refractivity contribution >= 4 is 0 Å². The van der Waals surface area contributed by atoms with Crippen molar-refractivity contribution < 1.29 is 9.57 Å². The Morgan fingerprint density at radius 2 is 2.05 bits per heavy atom. The standard InChI is InChI=1S/C17H19NO2/c1-13(18-20-12-14-5-3-2-4-6-14)15-7-8-17-16(11-15)9-10-19-17/h2-8,11,13,18H,9-10,12H2,1H3. The van der Waals surface area contributed by atoms with Crippen molar-refractivity contribution in [2.75, 3.05) is 6.61 Å². The summed E-state index contributed by atoms with van der Waals surface area (Å²) in [7, 11) is 0. The Hall–Kier alpha value is -1.84. The molecule has 3 rings (SSSR count). The fraction of sp³-hybridized carbons (Fsp3) is 0.294. The van der Waals surface area contributed by atoms with Crippen molar-refractivity contribution in [2.24, 2.45) is 0 Å². The average molecular weight is 269 g/mol. The summed E-state index contributed by atoms with van der Waals surface area (Å²) in [5.74, 6) is 1.02. The molecular weight excluding hydrogens is 250 g/mol. The Morgan fingerprint density at radius 3 is 2.90 bits per heavy atom. The maximum Gasteiger partial charge on any atom is 0.122 e. The van der Waals surface area contributed by atoms with E-state index in [4.69, 9.17) is 9.57 Å². The van der Waals surface area contributed by atoms with Gasteiger partial charge in [0.2, 0.25) is 0 Å². The topological polar surface area (TPSA) is 30.5 Å². The maximum atomic E-state index is 5.57. The van der Waals surface area contributed by atoms with Crippen molar-refractivity contribution in [2.45, 2.75) is 26.0 Å². The minimum atomic E-state index is 0.157. The molecular formula is C17H19NO2. The SMILES string of the molecule is CC(NOCc1ccccc1)c1ccc2c(c1)CCO2. The zero-order chi connectivity index (χ0) is 13.8. The summed E-state index contributed by atoms with van der Waals surface area (Å²) in [6, 6.07) is 16.6. The average Bonchev–Trinajstić information content (AvgIpc) is 2.95. The van der Waals surface area contributed by atoms with Crippen LogP contribution < -0.4 is 10.2 Å². The van der Waals surface area contributed by atoms with Crippen molar-refractivity contribution in [1.82, 2.24) is 5.48 Å². The Morgan fingerprint density at radius 1 is 1.20 bits per heavy atom. The molecule has 0 fully saturated rings. The molecule has 0 aromatic heterocycles. The summed E-state index contributed by atoms with van der Waals surface area (Å²) in [5.41, 5.74) is 6.77. The molecule has 0 radical (unpaired) electrons. The van der Waals surface area contributed by atoms with Gasteiger partial charge in [0.25, 0.3) is 0 Å². The van der Waals surface area contributed by atoms with Gasteiger partial charge in [0.05, 0.1) is 19.3 Å². The molecule has 0 bridgehead atoms. The smallest absolute Gasteiger partial charge is 0.122 e. The molecule has 2 aromatic carbocycles. The molecule has 1 aliphatic heterocycles. The van der Waals surface area contributed by atoms with Crippen LogP contribution in [0.1, 0.15) is 29.7 Å². The fourth-order valence-corrected chi connectivity index (χ4v) is 2.37. The van der Waals surface area contributed by atoms with Gasteiger partial charge in [-0.05, 0) is 29.7 Å². The second-order valence-corrected chi connectivity index (χ2v) is 5.08. The third-order valence-corrected chi connectivity index (χ3v) is 3.56. The highest BCUT2D eigenvalue weighted by Crippen LogP contribution is 2.28. The summed E-state index contributed by atoms with van der Waals surface area (Å²) < 4.78 is 5.52. The van der Waals surface area contributed by atoms with Gasteiger partial charge in [-0.2, -0.15) is 5.48 Å². The van der Waals surface area contributed by atoms with Gasteiger partial charge in [0, 0.05) is 6.42 Å². The van der Waals surface area contributed by atoms with Crippen molar-refractivity contribution in [3.63, 3.8) is 0 Å². The third kappa shape index (κ3) is 3.00. The van der Waals surface area contributed by atoms with Crippen LogP contribution in [0.4, 0.5) is 0 Å². The molecule has 1 aliphatic rings. The first-order valence-electron chi connectivity index (χ1n) is 7.00. The number of hydrogen-bond donors (Lipinski definition) is 1. The van der Waals surface area contributed by atoms with Crippen LogP contribution in [0, 0.1) is 0 Å². The van der Waals surface area contributed by atoms with Crippen molar-refractivity contribution in [1.29, 1.82) is 0 Å². The largest absolute Gasteiger partial charge is 0.493 e. The Balaban J connectivity index is 1.55. The molecule has 1 atom stereocenters. The molecule has 1 N–H and O–H groups in total. The second kappa shape index (κ2) is 6.07. The molecule has 0 amide bonds. The molecule has 3 nitrogen and oxygen atoms in total. The quantitative estimate of drug-likeness (QED) is 0.844. The number of hydroxylamine groups is 1. The van der Waals surface area contributed by atoms with Gasteiger partial charge in [-0.1, -0.05) is 42.5 Å². The minimum absolute atomic E-state index is 0.157. The van der Waals surface area contributed by atoms with Gasteiger partial charge in [0.1, 0.15) is 5.75 Å². The Bertz CT molecular complexity index is 568. The van der Waals surface area contributed by atoms with Gasteiger partial charge < -0.3 is 4.74 Å². The lowest BCUT2D eigenvalue weighted by atomic mass is 10.0. The predicted molar refractivity (Wildman–Crippen MR) is 78.4 cm³/mol. The Kier molecular flexibility index (Phi) is 4.00. The van der Waals surface area contributed by atoms with Gasteiger partial charge in [-0.15, -0.1) is 0 Å². The summed E-state index contributed by atoms with van der Waals surface area (Å²) in [6.07, 6.45) is 1.00. The summed E-state index contributed by atoms with van der Waals surface area (Å²) in [6.45, 7) is 3.47. The highest BCUT2D eigenvalue weighted by Gasteiger charge is 2.14. The number of rotatable bonds is 5. The van der Waals surface area contributed by atoms with E-state index in [2.05, 4.69) is 36.7 Å². The van der Waals surface area contributed by atoms with E-state index in [0.717, 1.165) is 24.3 Å². The van der Waals surface area contributed by atoms with E-state index >= 15 is 0 Å². The molecule has 0 aliphatic carbocycles. The molecule has 0 saturated heterocycles. The van der Waals surface area contributed by atoms with E-state index in [-0.39, 0.29) is 6.04 Å². The number of nitrogens with one attached hydrogen (secondary N) is 1. The van der Waals surface area contributed by atoms with E-state index < -0.39 is 0 Å². The normalized spacial score (nSPS) is 14.7. The van der Waals surface area contributed by atoms with Crippen LogP contribution in [0.25, 0.3) is 0 Å². The number of benzene rings is 2. The predicted octanol–water partition coefficient (Wildman–Crippen LogP) is 3.40. The van der Waals surface area contributed by atoms with Crippen LogP contribution >= 0.6 is 0 Å². The third-order valence-electron chi connectivity index (χ3n) is 3.56. The summed E-state index contributed by atoms with van der Waals surface area (Å²) in [5, 5.41) is 0. The summed E-state index contributed by atoms with van der Waals surface area (Å²) >= 11 is 0. The van der Waals surface area contributed by atoms with Gasteiger partial charge in [-0.3, -0.25) is 4.84 Å². The number of fused-ring (bicyclic) bond motifs is 1. The van der Waals surface area contributed by atoms with E-state index in [0.29, 0.717) is 6.61 Å². The number of hydrogen-bond acceptors (Lipinski definition) is 3. The molecule has 0 saturated carbocycles. The van der Waals surface area contributed by atoms with E-state index in [9.17, 15) is 0 Å².